The first-order valence-corrected chi connectivity index (χ1v) is 15.2. The van der Waals surface area contributed by atoms with E-state index in [0.29, 0.717) is 67.2 Å². The van der Waals surface area contributed by atoms with Gasteiger partial charge in [0.1, 0.15) is 23.3 Å². The zero-order valence-corrected chi connectivity index (χ0v) is 24.6. The van der Waals surface area contributed by atoms with Gasteiger partial charge in [0.25, 0.3) is 5.91 Å². The normalized spacial score (nSPS) is 16.0. The molecule has 0 aromatic carbocycles. The summed E-state index contributed by atoms with van der Waals surface area (Å²) in [6.07, 6.45) is 11.4. The Balaban J connectivity index is 1.07. The van der Waals surface area contributed by atoms with E-state index in [4.69, 9.17) is 9.72 Å². The van der Waals surface area contributed by atoms with Crippen LogP contribution < -0.4 is 9.64 Å². The number of piperazine rings is 1. The summed E-state index contributed by atoms with van der Waals surface area (Å²) >= 11 is 0. The van der Waals surface area contributed by atoms with Crippen molar-refractivity contribution >= 4 is 17.2 Å². The van der Waals surface area contributed by atoms with Gasteiger partial charge in [0.2, 0.25) is 0 Å². The van der Waals surface area contributed by atoms with Crippen LogP contribution >= 0.6 is 0 Å². The molecule has 0 unspecified atom stereocenters. The van der Waals surface area contributed by atoms with Gasteiger partial charge in [-0.15, -0.1) is 0 Å². The van der Waals surface area contributed by atoms with Crippen LogP contribution in [0.4, 0.5) is 5.82 Å². The Morgan fingerprint density at radius 1 is 0.977 bits per heavy atom. The zero-order valence-electron chi connectivity index (χ0n) is 24.6. The minimum atomic E-state index is -0.0528. The number of hydrogen-bond acceptors (Lipinski definition) is 7. The van der Waals surface area contributed by atoms with Crippen LogP contribution in [0.25, 0.3) is 16.6 Å². The molecule has 4 aromatic heterocycles. The Morgan fingerprint density at radius 3 is 2.43 bits per heavy atom. The molecule has 3 aliphatic rings. The first-order chi connectivity index (χ1) is 21.6. The summed E-state index contributed by atoms with van der Waals surface area (Å²) in [4.78, 5) is 27.1. The minimum absolute atomic E-state index is 0.0528. The maximum absolute atomic E-state index is 13.7. The van der Waals surface area contributed by atoms with Gasteiger partial charge in [0.15, 0.2) is 0 Å². The highest BCUT2D eigenvalue weighted by Crippen LogP contribution is 2.32. The number of hydrogen-bond donors (Lipinski definition) is 0. The van der Waals surface area contributed by atoms with Gasteiger partial charge >= 0.3 is 0 Å². The number of pyridine rings is 3. The molecule has 218 valence electrons. The Bertz CT molecular complexity index is 1900. The van der Waals surface area contributed by atoms with Crippen molar-refractivity contribution in [2.24, 2.45) is 11.8 Å². The van der Waals surface area contributed by atoms with Gasteiger partial charge in [-0.1, -0.05) is 17.8 Å². The lowest BCUT2D eigenvalue weighted by Crippen LogP contribution is -2.49. The van der Waals surface area contributed by atoms with E-state index in [1.165, 1.54) is 0 Å². The average Bonchev–Trinajstić information content (AvgIpc) is 4.01. The summed E-state index contributed by atoms with van der Waals surface area (Å²) in [6.45, 7) is 4.89. The van der Waals surface area contributed by atoms with E-state index in [0.717, 1.165) is 53.7 Å². The molecule has 1 saturated heterocycles. The van der Waals surface area contributed by atoms with Crippen molar-refractivity contribution in [1.82, 2.24) is 24.5 Å². The SMILES string of the molecule is CCOc1cc(-c2ccc(N3CCN(C(=O)c4cc(C#CC5CC5)cnc4C#CC4CC4)CC3)nc2)c2c(C#N)cnn2c1. The summed E-state index contributed by atoms with van der Waals surface area (Å²) in [5.74, 6) is 15.2. The van der Waals surface area contributed by atoms with Crippen LogP contribution in [0.1, 0.15) is 59.8 Å². The third-order valence-electron chi connectivity index (χ3n) is 8.06. The topological polar surface area (TPSA) is 99.6 Å². The quantitative estimate of drug-likeness (QED) is 0.319. The number of carbonyl (C=O) groups excluding carboxylic acids is 1. The number of nitriles is 1. The predicted octanol–water partition coefficient (Wildman–Crippen LogP) is 4.55. The smallest absolute Gasteiger partial charge is 0.256 e. The van der Waals surface area contributed by atoms with Crippen LogP contribution in [0.2, 0.25) is 0 Å². The molecule has 2 aliphatic carbocycles. The van der Waals surface area contributed by atoms with E-state index in [1.807, 2.05) is 42.3 Å². The van der Waals surface area contributed by atoms with Gasteiger partial charge in [-0.25, -0.2) is 14.5 Å². The van der Waals surface area contributed by atoms with Crippen LogP contribution in [0.15, 0.2) is 49.1 Å². The fourth-order valence-electron chi connectivity index (χ4n) is 5.29. The summed E-state index contributed by atoms with van der Waals surface area (Å²) in [7, 11) is 0. The predicted molar refractivity (Wildman–Crippen MR) is 166 cm³/mol. The highest BCUT2D eigenvalue weighted by atomic mass is 16.5. The molecule has 2 saturated carbocycles. The molecule has 0 radical (unpaired) electrons. The lowest BCUT2D eigenvalue weighted by atomic mass is 10.1. The van der Waals surface area contributed by atoms with Crippen LogP contribution in [0.3, 0.4) is 0 Å². The Kier molecular flexibility index (Phi) is 7.34. The number of amides is 1. The fraction of sp³-hybridized carbons (Fsp3) is 0.343. The van der Waals surface area contributed by atoms with Crippen molar-refractivity contribution in [3.8, 4) is 46.6 Å². The van der Waals surface area contributed by atoms with Gasteiger partial charge < -0.3 is 14.5 Å². The highest BCUT2D eigenvalue weighted by molar-refractivity contribution is 5.96. The van der Waals surface area contributed by atoms with Crippen molar-refractivity contribution in [2.45, 2.75) is 32.6 Å². The number of fused-ring (bicyclic) bond motifs is 1. The van der Waals surface area contributed by atoms with E-state index in [2.05, 4.69) is 44.7 Å². The van der Waals surface area contributed by atoms with Crippen molar-refractivity contribution in [3.05, 3.63) is 71.4 Å². The van der Waals surface area contributed by atoms with Crippen LogP contribution in [0.5, 0.6) is 5.75 Å². The fourth-order valence-corrected chi connectivity index (χ4v) is 5.29. The van der Waals surface area contributed by atoms with E-state index in [-0.39, 0.29) is 5.91 Å². The molecule has 1 aliphatic heterocycles. The number of aromatic nitrogens is 4. The standard InChI is InChI=1S/C35H31N7O2/c1-2-44-29-18-30(34-28(19-36)22-39-42(34)23-29)27-10-12-33(38-21-27)40-13-15-41(16-14-40)35(43)31-17-26(8-7-24-3-4-24)20-37-32(31)11-9-25-5-6-25/h10,12,17-18,20-25H,2-6,13-16H2,1H3. The second-order valence-corrected chi connectivity index (χ2v) is 11.4. The molecule has 7 rings (SSSR count). The molecule has 1 amide bonds. The largest absolute Gasteiger partial charge is 0.492 e. The van der Waals surface area contributed by atoms with Crippen LogP contribution in [-0.2, 0) is 0 Å². The number of carbonyl (C=O) groups is 1. The van der Waals surface area contributed by atoms with Gasteiger partial charge in [-0.3, -0.25) is 4.79 Å². The molecule has 3 fully saturated rings. The van der Waals surface area contributed by atoms with Crippen molar-refractivity contribution < 1.29 is 9.53 Å². The van der Waals surface area contributed by atoms with Crippen LogP contribution in [0, 0.1) is 46.8 Å². The lowest BCUT2D eigenvalue weighted by molar-refractivity contribution is 0.0745. The summed E-state index contributed by atoms with van der Waals surface area (Å²) in [5, 5.41) is 14.0. The highest BCUT2D eigenvalue weighted by Gasteiger charge is 2.26. The molecular formula is C35H31N7O2. The lowest BCUT2D eigenvalue weighted by Gasteiger charge is -2.35. The van der Waals surface area contributed by atoms with E-state index < -0.39 is 0 Å². The molecule has 44 heavy (non-hydrogen) atoms. The summed E-state index contributed by atoms with van der Waals surface area (Å²) in [5.41, 5.74) is 4.75. The molecule has 4 aromatic rings. The van der Waals surface area contributed by atoms with Crippen molar-refractivity contribution in [1.29, 1.82) is 5.26 Å². The van der Waals surface area contributed by atoms with E-state index in [1.54, 1.807) is 23.1 Å². The second kappa shape index (κ2) is 11.7. The number of nitrogens with zero attached hydrogens (tertiary/aromatic N) is 7. The van der Waals surface area contributed by atoms with Crippen molar-refractivity contribution in [3.63, 3.8) is 0 Å². The number of rotatable bonds is 5. The van der Waals surface area contributed by atoms with E-state index >= 15 is 0 Å². The maximum Gasteiger partial charge on any atom is 0.256 e. The average molecular weight is 582 g/mol. The third-order valence-corrected chi connectivity index (χ3v) is 8.06. The monoisotopic (exact) mass is 581 g/mol. The molecule has 0 spiro atoms. The molecule has 5 heterocycles. The number of anilines is 1. The van der Waals surface area contributed by atoms with E-state index in [9.17, 15) is 10.1 Å². The summed E-state index contributed by atoms with van der Waals surface area (Å²) < 4.78 is 7.42. The Labute approximate surface area is 256 Å². The van der Waals surface area contributed by atoms with Crippen LogP contribution in [-0.4, -0.2) is 63.2 Å². The Morgan fingerprint density at radius 2 is 1.75 bits per heavy atom. The molecular weight excluding hydrogens is 550 g/mol. The van der Waals surface area contributed by atoms with Gasteiger partial charge in [-0.2, -0.15) is 10.4 Å². The first kappa shape index (κ1) is 27.5. The summed E-state index contributed by atoms with van der Waals surface area (Å²) in [6, 6.07) is 10.0. The first-order valence-electron chi connectivity index (χ1n) is 15.2. The molecule has 9 heteroatoms. The maximum atomic E-state index is 13.7. The second-order valence-electron chi connectivity index (χ2n) is 11.4. The van der Waals surface area contributed by atoms with Gasteiger partial charge in [-0.05, 0) is 62.8 Å². The third kappa shape index (κ3) is 5.80. The molecule has 0 atom stereocenters. The Hall–Kier alpha value is -5.33. The molecule has 0 bridgehead atoms. The zero-order chi connectivity index (χ0) is 30.0. The molecule has 9 nitrogen and oxygen atoms in total. The van der Waals surface area contributed by atoms with Crippen molar-refractivity contribution in [2.75, 3.05) is 37.7 Å². The molecule has 0 N–H and O–H groups in total. The minimum Gasteiger partial charge on any atom is -0.492 e. The number of ether oxygens (including phenoxy) is 1. The van der Waals surface area contributed by atoms with Gasteiger partial charge in [0, 0.05) is 67.1 Å². The van der Waals surface area contributed by atoms with Gasteiger partial charge in [0.05, 0.1) is 35.6 Å².